The summed E-state index contributed by atoms with van der Waals surface area (Å²) in [6, 6.07) is 5.32. The third-order valence-electron chi connectivity index (χ3n) is 3.79. The number of aromatic nitrogens is 2. The zero-order valence-electron chi connectivity index (χ0n) is 14.4. The molecule has 0 saturated carbocycles. The molecular formula is C17H18N4O3S. The minimum Gasteiger partial charge on any atom is -0.497 e. The second-order valence-corrected chi connectivity index (χ2v) is 6.38. The van der Waals surface area contributed by atoms with Crippen LogP contribution in [-0.4, -0.2) is 35.1 Å². The summed E-state index contributed by atoms with van der Waals surface area (Å²) in [5.74, 6) is 1.75. The molecule has 1 aliphatic rings. The Balaban J connectivity index is 2.01. The molecule has 1 aromatic heterocycles. The third kappa shape index (κ3) is 3.69. The van der Waals surface area contributed by atoms with Gasteiger partial charge in [0.1, 0.15) is 17.3 Å². The maximum atomic E-state index is 11.8. The van der Waals surface area contributed by atoms with E-state index in [1.807, 2.05) is 20.0 Å². The smallest absolute Gasteiger partial charge is 0.289 e. The number of thioether (sulfide) groups is 1. The number of carbonyl (C=O) groups is 1. The van der Waals surface area contributed by atoms with Crippen molar-refractivity contribution in [2.75, 3.05) is 14.2 Å². The van der Waals surface area contributed by atoms with E-state index in [9.17, 15) is 4.79 Å². The molecule has 1 saturated heterocycles. The van der Waals surface area contributed by atoms with Gasteiger partial charge in [0.05, 0.1) is 31.0 Å². The number of amides is 1. The Bertz CT molecular complexity index is 864. The number of benzene rings is 1. The molecule has 2 heterocycles. The maximum absolute atomic E-state index is 11.8. The summed E-state index contributed by atoms with van der Waals surface area (Å²) in [5.41, 5.74) is 2.58. The van der Waals surface area contributed by atoms with Gasteiger partial charge in [-0.2, -0.15) is 5.10 Å². The van der Waals surface area contributed by atoms with Gasteiger partial charge in [0.25, 0.3) is 5.24 Å². The molecular weight excluding hydrogens is 340 g/mol. The van der Waals surface area contributed by atoms with Gasteiger partial charge in [0.2, 0.25) is 0 Å². The Morgan fingerprint density at radius 2 is 1.92 bits per heavy atom. The minimum atomic E-state index is -0.165. The number of aryl methyl sites for hydroxylation is 1. The number of hydrogen-bond acceptors (Lipinski definition) is 6. The molecule has 1 N–H and O–H groups in total. The molecule has 1 aromatic carbocycles. The summed E-state index contributed by atoms with van der Waals surface area (Å²) in [6.07, 6.45) is 3.67. The summed E-state index contributed by atoms with van der Waals surface area (Å²) >= 11 is 1.11. The van der Waals surface area contributed by atoms with Crippen LogP contribution in [0.25, 0.3) is 6.08 Å². The van der Waals surface area contributed by atoms with Crippen molar-refractivity contribution < 1.29 is 14.3 Å². The van der Waals surface area contributed by atoms with E-state index < -0.39 is 0 Å². The van der Waals surface area contributed by atoms with Crippen molar-refractivity contribution in [1.82, 2.24) is 15.1 Å². The van der Waals surface area contributed by atoms with Gasteiger partial charge in [-0.05, 0) is 24.8 Å². The maximum Gasteiger partial charge on any atom is 0.289 e. The van der Waals surface area contributed by atoms with Crippen LogP contribution < -0.4 is 14.8 Å². The van der Waals surface area contributed by atoms with E-state index in [4.69, 9.17) is 9.47 Å². The molecule has 0 radical (unpaired) electrons. The van der Waals surface area contributed by atoms with E-state index >= 15 is 0 Å². The van der Waals surface area contributed by atoms with Crippen LogP contribution in [0.1, 0.15) is 11.3 Å². The van der Waals surface area contributed by atoms with E-state index in [0.29, 0.717) is 23.0 Å². The van der Waals surface area contributed by atoms with Crippen LogP contribution in [0.4, 0.5) is 10.5 Å². The number of methoxy groups -OCH3 is 2. The van der Waals surface area contributed by atoms with Crippen LogP contribution in [0, 0.1) is 6.92 Å². The number of nitrogens with zero attached hydrogens (tertiary/aromatic N) is 3. The van der Waals surface area contributed by atoms with Crippen molar-refractivity contribution in [3.05, 3.63) is 40.6 Å². The highest BCUT2D eigenvalue weighted by Crippen LogP contribution is 2.32. The van der Waals surface area contributed by atoms with Crippen LogP contribution >= 0.6 is 11.8 Å². The van der Waals surface area contributed by atoms with Crippen molar-refractivity contribution in [3.8, 4) is 11.5 Å². The molecule has 25 heavy (non-hydrogen) atoms. The third-order valence-corrected chi connectivity index (χ3v) is 4.61. The molecule has 8 heteroatoms. The van der Waals surface area contributed by atoms with E-state index in [2.05, 4.69) is 15.4 Å². The summed E-state index contributed by atoms with van der Waals surface area (Å²) in [7, 11) is 5.03. The van der Waals surface area contributed by atoms with Crippen LogP contribution in [0.15, 0.2) is 34.3 Å². The predicted molar refractivity (Wildman–Crippen MR) is 98.7 cm³/mol. The number of hydrogen-bond donors (Lipinski definition) is 1. The summed E-state index contributed by atoms with van der Waals surface area (Å²) < 4.78 is 12.3. The van der Waals surface area contributed by atoms with Gasteiger partial charge in [0.15, 0.2) is 0 Å². The van der Waals surface area contributed by atoms with E-state index in [0.717, 1.165) is 27.9 Å². The lowest BCUT2D eigenvalue weighted by atomic mass is 10.2. The van der Waals surface area contributed by atoms with Crippen LogP contribution in [0.5, 0.6) is 11.5 Å². The Labute approximate surface area is 149 Å². The van der Waals surface area contributed by atoms with Crippen molar-refractivity contribution >= 4 is 34.6 Å². The fourth-order valence-corrected chi connectivity index (χ4v) is 3.02. The van der Waals surface area contributed by atoms with Gasteiger partial charge >= 0.3 is 0 Å². The molecule has 1 aliphatic heterocycles. The first kappa shape index (κ1) is 17.1. The number of rotatable bonds is 4. The first-order valence-electron chi connectivity index (χ1n) is 7.51. The average Bonchev–Trinajstić information content (AvgIpc) is 3.11. The van der Waals surface area contributed by atoms with Crippen molar-refractivity contribution in [2.45, 2.75) is 6.92 Å². The molecule has 1 amide bonds. The van der Waals surface area contributed by atoms with Gasteiger partial charge in [0, 0.05) is 36.5 Å². The Morgan fingerprint density at radius 1 is 1.24 bits per heavy atom. The molecule has 1 fully saturated rings. The number of ether oxygens (including phenoxy) is 2. The zero-order valence-corrected chi connectivity index (χ0v) is 15.2. The first-order chi connectivity index (χ1) is 12.0. The van der Waals surface area contributed by atoms with E-state index in [1.54, 1.807) is 43.3 Å². The Hall–Kier alpha value is -2.74. The summed E-state index contributed by atoms with van der Waals surface area (Å²) in [4.78, 5) is 17.1. The van der Waals surface area contributed by atoms with Gasteiger partial charge in [-0.25, -0.2) is 4.99 Å². The molecule has 0 bridgehead atoms. The SMILES string of the molecule is COc1cc(N=C2NC(=O)SC2=Cc2cnn(C)c2C)cc(OC)c1. The summed E-state index contributed by atoms with van der Waals surface area (Å²) in [5, 5.41) is 6.82. The second kappa shape index (κ2) is 7.02. The van der Waals surface area contributed by atoms with E-state index in [-0.39, 0.29) is 5.24 Å². The second-order valence-electron chi connectivity index (χ2n) is 5.36. The van der Waals surface area contributed by atoms with Crippen molar-refractivity contribution in [2.24, 2.45) is 12.0 Å². The number of aliphatic imine (C=N–C) groups is 1. The highest BCUT2D eigenvalue weighted by atomic mass is 32.2. The van der Waals surface area contributed by atoms with Gasteiger partial charge < -0.3 is 14.8 Å². The van der Waals surface area contributed by atoms with E-state index in [1.165, 1.54) is 0 Å². The first-order valence-corrected chi connectivity index (χ1v) is 8.33. The highest BCUT2D eigenvalue weighted by molar-refractivity contribution is 8.18. The Kier molecular flexibility index (Phi) is 4.80. The van der Waals surface area contributed by atoms with Crippen LogP contribution in [0.3, 0.4) is 0 Å². The van der Waals surface area contributed by atoms with Crippen LogP contribution in [-0.2, 0) is 7.05 Å². The molecule has 7 nitrogen and oxygen atoms in total. The fraction of sp³-hybridized carbons (Fsp3) is 0.235. The largest absolute Gasteiger partial charge is 0.497 e. The number of nitrogens with one attached hydrogen (secondary N) is 1. The predicted octanol–water partition coefficient (Wildman–Crippen LogP) is 3.27. The molecule has 0 unspecified atom stereocenters. The average molecular weight is 358 g/mol. The monoisotopic (exact) mass is 358 g/mol. The highest BCUT2D eigenvalue weighted by Gasteiger charge is 2.24. The molecule has 3 rings (SSSR count). The topological polar surface area (TPSA) is 77.7 Å². The van der Waals surface area contributed by atoms with Crippen LogP contribution in [0.2, 0.25) is 0 Å². The van der Waals surface area contributed by atoms with Gasteiger partial charge in [-0.3, -0.25) is 9.48 Å². The lowest BCUT2D eigenvalue weighted by Gasteiger charge is -2.06. The molecule has 0 spiro atoms. The molecule has 2 aromatic rings. The zero-order chi connectivity index (χ0) is 18.0. The van der Waals surface area contributed by atoms with Gasteiger partial charge in [-0.15, -0.1) is 0 Å². The Morgan fingerprint density at radius 3 is 2.48 bits per heavy atom. The fourth-order valence-electron chi connectivity index (χ4n) is 2.30. The molecule has 0 aliphatic carbocycles. The van der Waals surface area contributed by atoms with Gasteiger partial charge in [-0.1, -0.05) is 0 Å². The molecule has 0 atom stereocenters. The standard InChI is InChI=1S/C17H18N4O3S/c1-10-11(9-18-21(10)2)5-15-16(20-17(22)25-15)19-12-6-13(23-3)8-14(7-12)24-4/h5-9H,1-4H3,(H,19,20,22). The number of carbonyl (C=O) groups excluding carboxylic acids is 1. The number of amidine groups is 1. The van der Waals surface area contributed by atoms with Crippen molar-refractivity contribution in [1.29, 1.82) is 0 Å². The summed E-state index contributed by atoms with van der Waals surface area (Å²) in [6.45, 7) is 1.97. The normalized spacial score (nSPS) is 17.2. The van der Waals surface area contributed by atoms with Crippen molar-refractivity contribution in [3.63, 3.8) is 0 Å². The molecule has 130 valence electrons. The quantitative estimate of drug-likeness (QED) is 0.907. The lowest BCUT2D eigenvalue weighted by Crippen LogP contribution is -2.18. The lowest BCUT2D eigenvalue weighted by molar-refractivity contribution is 0.265. The minimum absolute atomic E-state index is 0.165.